The van der Waals surface area contributed by atoms with E-state index in [2.05, 4.69) is 9.78 Å². The van der Waals surface area contributed by atoms with E-state index in [9.17, 15) is 4.79 Å². The molecule has 0 N–H and O–H groups in total. The van der Waals surface area contributed by atoms with Crippen molar-refractivity contribution < 1.29 is 14.6 Å². The number of hydrogen-bond donors (Lipinski definition) is 0. The summed E-state index contributed by atoms with van der Waals surface area (Å²) in [6, 6.07) is 0. The molecule has 0 atom stereocenters. The van der Waals surface area contributed by atoms with Crippen molar-refractivity contribution in [1.82, 2.24) is 0 Å². The summed E-state index contributed by atoms with van der Waals surface area (Å²) in [4.78, 5) is 18.2. The van der Waals surface area contributed by atoms with Gasteiger partial charge in [-0.3, -0.25) is 4.89 Å². The van der Waals surface area contributed by atoms with Crippen LogP contribution in [0.3, 0.4) is 0 Å². The summed E-state index contributed by atoms with van der Waals surface area (Å²) >= 11 is 0. The SMILES string of the molecule is CCC(=O)OOC.[Na]. The third-order valence-electron chi connectivity index (χ3n) is 0.465. The Balaban J connectivity index is 0. The largest absolute Gasteiger partial charge is 0.342 e. The second-order valence-corrected chi connectivity index (χ2v) is 0.976. The van der Waals surface area contributed by atoms with Crippen molar-refractivity contribution >= 4 is 35.5 Å². The normalized spacial score (nSPS) is 7.25. The summed E-state index contributed by atoms with van der Waals surface area (Å²) in [6.45, 7) is 1.70. The summed E-state index contributed by atoms with van der Waals surface area (Å²) in [6.07, 6.45) is 0.355. The molecule has 43 valence electrons. The molecule has 0 spiro atoms. The van der Waals surface area contributed by atoms with Crippen LogP contribution in [0.15, 0.2) is 0 Å². The summed E-state index contributed by atoms with van der Waals surface area (Å²) in [7, 11) is 1.30. The van der Waals surface area contributed by atoms with Crippen LogP contribution in [0, 0.1) is 0 Å². The van der Waals surface area contributed by atoms with Crippen LogP contribution in [0.2, 0.25) is 0 Å². The van der Waals surface area contributed by atoms with Crippen molar-refractivity contribution in [3.05, 3.63) is 0 Å². The Morgan fingerprint density at radius 2 is 2.12 bits per heavy atom. The van der Waals surface area contributed by atoms with Crippen LogP contribution >= 0.6 is 0 Å². The molecule has 0 saturated carbocycles. The third kappa shape index (κ3) is 6.43. The molecule has 0 aromatic heterocycles. The van der Waals surface area contributed by atoms with E-state index in [0.29, 0.717) is 6.42 Å². The summed E-state index contributed by atoms with van der Waals surface area (Å²) < 4.78 is 0. The zero-order valence-electron chi connectivity index (χ0n) is 5.43. The first-order valence-electron chi connectivity index (χ1n) is 2.04. The molecule has 0 aliphatic carbocycles. The van der Waals surface area contributed by atoms with Gasteiger partial charge in [-0.15, -0.1) is 0 Å². The Hall–Kier alpha value is 0.430. The number of rotatable bonds is 2. The van der Waals surface area contributed by atoms with Crippen molar-refractivity contribution in [3.63, 3.8) is 0 Å². The minimum absolute atomic E-state index is 0. The van der Waals surface area contributed by atoms with E-state index in [-0.39, 0.29) is 35.5 Å². The van der Waals surface area contributed by atoms with Gasteiger partial charge in [0.2, 0.25) is 0 Å². The zero-order chi connectivity index (χ0) is 5.70. The van der Waals surface area contributed by atoms with Gasteiger partial charge >= 0.3 is 5.97 Å². The molecule has 0 amide bonds. The van der Waals surface area contributed by atoms with Crippen molar-refractivity contribution in [1.29, 1.82) is 0 Å². The Bertz CT molecular complexity index is 64.3. The molecule has 0 aliphatic rings. The molecule has 0 fully saturated rings. The first-order valence-corrected chi connectivity index (χ1v) is 2.04. The van der Waals surface area contributed by atoms with Crippen molar-refractivity contribution in [3.8, 4) is 0 Å². The van der Waals surface area contributed by atoms with E-state index >= 15 is 0 Å². The van der Waals surface area contributed by atoms with Crippen LogP contribution in [0.4, 0.5) is 0 Å². The molecule has 0 saturated heterocycles. The molecular formula is C4H8NaO3. The summed E-state index contributed by atoms with van der Waals surface area (Å²) in [5, 5.41) is 0. The predicted molar refractivity (Wildman–Crippen MR) is 29.1 cm³/mol. The maximum absolute atomic E-state index is 10.1. The molecule has 0 rings (SSSR count). The fourth-order valence-electron chi connectivity index (χ4n) is 0.152. The average molecular weight is 127 g/mol. The molecule has 4 heteroatoms. The van der Waals surface area contributed by atoms with E-state index in [1.54, 1.807) is 6.92 Å². The molecule has 1 radical (unpaired) electrons. The second-order valence-electron chi connectivity index (χ2n) is 0.976. The smallest absolute Gasteiger partial charge is 0.299 e. The van der Waals surface area contributed by atoms with Gasteiger partial charge in [-0.1, -0.05) is 6.92 Å². The number of carbonyl (C=O) groups is 1. The van der Waals surface area contributed by atoms with Crippen LogP contribution < -0.4 is 0 Å². The molecule has 0 aromatic carbocycles. The van der Waals surface area contributed by atoms with Gasteiger partial charge in [-0.05, 0) is 0 Å². The molecule has 0 aliphatic heterocycles. The minimum Gasteiger partial charge on any atom is -0.299 e. The second kappa shape index (κ2) is 7.43. The van der Waals surface area contributed by atoms with E-state index in [0.717, 1.165) is 0 Å². The van der Waals surface area contributed by atoms with Crippen molar-refractivity contribution in [2.24, 2.45) is 0 Å². The van der Waals surface area contributed by atoms with Crippen LogP contribution in [0.5, 0.6) is 0 Å². The topological polar surface area (TPSA) is 35.5 Å². The Labute approximate surface area is 70.6 Å². The summed E-state index contributed by atoms with van der Waals surface area (Å²) in [5.41, 5.74) is 0. The molecule has 0 unspecified atom stereocenters. The Morgan fingerprint density at radius 3 is 2.25 bits per heavy atom. The van der Waals surface area contributed by atoms with Gasteiger partial charge in [-0.2, -0.15) is 4.89 Å². The first kappa shape index (κ1) is 11.3. The van der Waals surface area contributed by atoms with Gasteiger partial charge in [0.1, 0.15) is 0 Å². The van der Waals surface area contributed by atoms with E-state index in [1.165, 1.54) is 7.11 Å². The fraction of sp³-hybridized carbons (Fsp3) is 0.750. The minimum atomic E-state index is -0.345. The summed E-state index contributed by atoms with van der Waals surface area (Å²) in [5.74, 6) is -0.345. The maximum Gasteiger partial charge on any atom is 0.342 e. The average Bonchev–Trinajstić information content (AvgIpc) is 1.68. The van der Waals surface area contributed by atoms with E-state index in [4.69, 9.17) is 0 Å². The van der Waals surface area contributed by atoms with Gasteiger partial charge < -0.3 is 0 Å². The van der Waals surface area contributed by atoms with Gasteiger partial charge in [-0.25, -0.2) is 4.79 Å². The standard InChI is InChI=1S/C4H8O3.Na/c1-3-4(5)7-6-2;/h3H2,1-2H3;. The molecule has 3 nitrogen and oxygen atoms in total. The molecule has 0 heterocycles. The molecule has 0 bridgehead atoms. The van der Waals surface area contributed by atoms with E-state index < -0.39 is 0 Å². The van der Waals surface area contributed by atoms with E-state index in [1.807, 2.05) is 0 Å². The molecule has 8 heavy (non-hydrogen) atoms. The monoisotopic (exact) mass is 127 g/mol. The Morgan fingerprint density at radius 1 is 1.62 bits per heavy atom. The first-order chi connectivity index (χ1) is 3.31. The molecular weight excluding hydrogens is 119 g/mol. The number of carbonyl (C=O) groups excluding carboxylic acids is 1. The molecule has 0 aromatic rings. The zero-order valence-corrected chi connectivity index (χ0v) is 7.43. The van der Waals surface area contributed by atoms with Crippen LogP contribution in [-0.4, -0.2) is 42.6 Å². The quantitative estimate of drug-likeness (QED) is 0.300. The van der Waals surface area contributed by atoms with Gasteiger partial charge in [0, 0.05) is 36.0 Å². The number of hydrogen-bond acceptors (Lipinski definition) is 3. The predicted octanol–water partition coefficient (Wildman–Crippen LogP) is 0.120. The van der Waals surface area contributed by atoms with Crippen LogP contribution in [0.25, 0.3) is 0 Å². The Kier molecular flexibility index (Phi) is 10.5. The fourth-order valence-corrected chi connectivity index (χ4v) is 0.152. The van der Waals surface area contributed by atoms with Gasteiger partial charge in [0.05, 0.1) is 7.11 Å². The maximum atomic E-state index is 10.1. The van der Waals surface area contributed by atoms with Crippen LogP contribution in [0.1, 0.15) is 13.3 Å². The third-order valence-corrected chi connectivity index (χ3v) is 0.465. The van der Waals surface area contributed by atoms with Crippen molar-refractivity contribution in [2.75, 3.05) is 7.11 Å². The van der Waals surface area contributed by atoms with Crippen molar-refractivity contribution in [2.45, 2.75) is 13.3 Å². The van der Waals surface area contributed by atoms with Crippen LogP contribution in [-0.2, 0) is 14.6 Å². The van der Waals surface area contributed by atoms with Gasteiger partial charge in [0.25, 0.3) is 0 Å². The van der Waals surface area contributed by atoms with Gasteiger partial charge in [0.15, 0.2) is 0 Å².